The van der Waals surface area contributed by atoms with Gasteiger partial charge in [0.25, 0.3) is 0 Å². The van der Waals surface area contributed by atoms with Crippen molar-refractivity contribution in [1.82, 2.24) is 29.5 Å². The molecule has 0 saturated carbocycles. The van der Waals surface area contributed by atoms with Crippen LogP contribution in [0.2, 0.25) is 0 Å². The Labute approximate surface area is 374 Å². The minimum atomic E-state index is -0.150. The van der Waals surface area contributed by atoms with E-state index in [9.17, 15) is 0 Å². The molecule has 0 amide bonds. The molecule has 1 aliphatic rings. The molecular formula is C58H38N6O. The van der Waals surface area contributed by atoms with Gasteiger partial charge in [-0.1, -0.05) is 159 Å². The number of fused-ring (bicyclic) bond motifs is 9. The molecule has 0 atom stereocenters. The van der Waals surface area contributed by atoms with Gasteiger partial charge in [-0.15, -0.1) is 0 Å². The number of furan rings is 1. The summed E-state index contributed by atoms with van der Waals surface area (Å²) in [5.41, 5.74) is 15.4. The lowest BCUT2D eigenvalue weighted by Gasteiger charge is -2.21. The Kier molecular flexibility index (Phi) is 8.12. The molecule has 7 heteroatoms. The van der Waals surface area contributed by atoms with Crippen molar-refractivity contribution in [2.75, 3.05) is 0 Å². The van der Waals surface area contributed by atoms with Gasteiger partial charge in [-0.3, -0.25) is 0 Å². The monoisotopic (exact) mass is 834 g/mol. The van der Waals surface area contributed by atoms with Crippen molar-refractivity contribution in [2.24, 2.45) is 0 Å². The van der Waals surface area contributed by atoms with Crippen molar-refractivity contribution in [2.45, 2.75) is 19.3 Å². The van der Waals surface area contributed by atoms with Crippen LogP contribution in [0.15, 0.2) is 199 Å². The van der Waals surface area contributed by atoms with Crippen molar-refractivity contribution in [3.05, 3.63) is 205 Å². The van der Waals surface area contributed by atoms with Crippen LogP contribution in [-0.4, -0.2) is 29.5 Å². The predicted octanol–water partition coefficient (Wildman–Crippen LogP) is 14.3. The number of rotatable bonds is 6. The van der Waals surface area contributed by atoms with Gasteiger partial charge in [-0.05, 0) is 70.8 Å². The van der Waals surface area contributed by atoms with Crippen LogP contribution in [0.1, 0.15) is 25.0 Å². The maximum absolute atomic E-state index is 6.49. The Morgan fingerprint density at radius 2 is 1.00 bits per heavy atom. The molecule has 0 bridgehead atoms. The quantitative estimate of drug-likeness (QED) is 0.166. The minimum Gasteiger partial charge on any atom is -0.452 e. The molecule has 65 heavy (non-hydrogen) atoms. The summed E-state index contributed by atoms with van der Waals surface area (Å²) in [5, 5.41) is 3.29. The number of para-hydroxylation sites is 2. The maximum Gasteiger partial charge on any atom is 0.180 e. The SMILES string of the molecule is CC1(C)c2ccccc2-c2cc3c(cc21)c1ccccc1n3-c1ccc(-c2nc(-c3ccccc3)c3oc4ccccc4c3n2)cc1-c1nc(-c2ccccc2)nc(-c2ccccc2)n1. The van der Waals surface area contributed by atoms with E-state index in [1.807, 2.05) is 97.1 Å². The molecule has 0 saturated heterocycles. The molecule has 7 nitrogen and oxygen atoms in total. The standard InChI is InChI=1S/C58H38N6O/c1-58(2)45-27-15-12-24-39(45)42-34-49-43(33-46(42)58)40-25-13-16-28-47(40)64(49)48-31-30-38(56-59-51(35-18-6-3-7-19-35)53-52(60-56)41-26-14-17-29-50(41)65-53)32-44(48)57-62-54(36-20-8-4-9-21-36)61-55(63-57)37-22-10-5-11-23-37/h3-34H,1-2H3. The molecule has 0 radical (unpaired) electrons. The number of aromatic nitrogens is 6. The Morgan fingerprint density at radius 1 is 0.400 bits per heavy atom. The van der Waals surface area contributed by atoms with Crippen LogP contribution in [0.5, 0.6) is 0 Å². The molecule has 8 aromatic carbocycles. The Hall–Kier alpha value is -8.55. The van der Waals surface area contributed by atoms with E-state index in [1.165, 1.54) is 33.0 Å². The minimum absolute atomic E-state index is 0.150. The van der Waals surface area contributed by atoms with Crippen molar-refractivity contribution >= 4 is 43.9 Å². The molecule has 4 heterocycles. The summed E-state index contributed by atoms with van der Waals surface area (Å²) in [6, 6.07) is 67.2. The predicted molar refractivity (Wildman–Crippen MR) is 262 cm³/mol. The molecule has 0 unspecified atom stereocenters. The zero-order valence-electron chi connectivity index (χ0n) is 35.6. The van der Waals surface area contributed by atoms with Crippen LogP contribution in [0.3, 0.4) is 0 Å². The fourth-order valence-corrected chi connectivity index (χ4v) is 9.91. The van der Waals surface area contributed by atoms with Gasteiger partial charge in [-0.2, -0.15) is 0 Å². The van der Waals surface area contributed by atoms with Crippen molar-refractivity contribution in [3.8, 4) is 73.6 Å². The molecule has 0 aliphatic heterocycles. The second-order valence-electron chi connectivity index (χ2n) is 17.2. The molecule has 306 valence electrons. The first-order chi connectivity index (χ1) is 32.0. The van der Waals surface area contributed by atoms with Gasteiger partial charge in [0, 0.05) is 49.4 Å². The Bertz CT molecular complexity index is 3800. The van der Waals surface area contributed by atoms with Crippen molar-refractivity contribution in [1.29, 1.82) is 0 Å². The number of hydrogen-bond donors (Lipinski definition) is 0. The van der Waals surface area contributed by atoms with E-state index in [2.05, 4.69) is 115 Å². The van der Waals surface area contributed by atoms with E-state index in [1.54, 1.807) is 0 Å². The van der Waals surface area contributed by atoms with E-state index >= 15 is 0 Å². The molecule has 1 aliphatic carbocycles. The van der Waals surface area contributed by atoms with Crippen LogP contribution >= 0.6 is 0 Å². The maximum atomic E-state index is 6.49. The van der Waals surface area contributed by atoms with E-state index in [0.29, 0.717) is 28.9 Å². The normalized spacial score (nSPS) is 12.9. The number of hydrogen-bond acceptors (Lipinski definition) is 6. The van der Waals surface area contributed by atoms with Crippen LogP contribution in [0, 0.1) is 0 Å². The summed E-state index contributed by atoms with van der Waals surface area (Å²) in [6.07, 6.45) is 0. The first kappa shape index (κ1) is 37.0. The van der Waals surface area contributed by atoms with E-state index < -0.39 is 0 Å². The molecule has 4 aromatic heterocycles. The Morgan fingerprint density at radius 3 is 1.74 bits per heavy atom. The zero-order chi connectivity index (χ0) is 43.2. The van der Waals surface area contributed by atoms with Gasteiger partial charge in [0.2, 0.25) is 0 Å². The van der Waals surface area contributed by atoms with Gasteiger partial charge in [-0.25, -0.2) is 24.9 Å². The highest BCUT2D eigenvalue weighted by atomic mass is 16.3. The lowest BCUT2D eigenvalue weighted by molar-refractivity contribution is 0.661. The number of nitrogens with zero attached hydrogens (tertiary/aromatic N) is 6. The van der Waals surface area contributed by atoms with Crippen LogP contribution < -0.4 is 0 Å². The Balaban J connectivity index is 1.13. The summed E-state index contributed by atoms with van der Waals surface area (Å²) < 4.78 is 8.88. The largest absolute Gasteiger partial charge is 0.452 e. The third kappa shape index (κ3) is 5.79. The van der Waals surface area contributed by atoms with Gasteiger partial charge in [0.1, 0.15) is 16.8 Å². The van der Waals surface area contributed by atoms with Gasteiger partial charge in [0.05, 0.1) is 16.7 Å². The second-order valence-corrected chi connectivity index (χ2v) is 17.2. The van der Waals surface area contributed by atoms with Crippen molar-refractivity contribution in [3.63, 3.8) is 0 Å². The summed E-state index contributed by atoms with van der Waals surface area (Å²) in [7, 11) is 0. The van der Waals surface area contributed by atoms with Gasteiger partial charge >= 0.3 is 0 Å². The summed E-state index contributed by atoms with van der Waals surface area (Å²) >= 11 is 0. The highest BCUT2D eigenvalue weighted by Crippen LogP contribution is 2.51. The third-order valence-electron chi connectivity index (χ3n) is 13.1. The summed E-state index contributed by atoms with van der Waals surface area (Å²) in [5.74, 6) is 2.26. The summed E-state index contributed by atoms with van der Waals surface area (Å²) in [4.78, 5) is 26.3. The molecule has 0 fully saturated rings. The van der Waals surface area contributed by atoms with E-state index in [-0.39, 0.29) is 5.41 Å². The highest BCUT2D eigenvalue weighted by molar-refractivity contribution is 6.12. The van der Waals surface area contributed by atoms with E-state index in [0.717, 1.165) is 66.7 Å². The van der Waals surface area contributed by atoms with Crippen LogP contribution in [-0.2, 0) is 5.41 Å². The molecule has 0 spiro atoms. The van der Waals surface area contributed by atoms with Crippen LogP contribution in [0.25, 0.3) is 117 Å². The third-order valence-corrected chi connectivity index (χ3v) is 13.1. The number of benzene rings is 8. The average Bonchev–Trinajstić information content (AvgIpc) is 3.98. The van der Waals surface area contributed by atoms with Crippen molar-refractivity contribution < 1.29 is 4.42 Å². The highest BCUT2D eigenvalue weighted by Gasteiger charge is 2.36. The fraction of sp³-hybridized carbons (Fsp3) is 0.0517. The van der Waals surface area contributed by atoms with Crippen LogP contribution in [0.4, 0.5) is 0 Å². The summed E-state index contributed by atoms with van der Waals surface area (Å²) in [6.45, 7) is 4.67. The smallest absolute Gasteiger partial charge is 0.180 e. The lowest BCUT2D eigenvalue weighted by atomic mass is 9.82. The fourth-order valence-electron chi connectivity index (χ4n) is 9.91. The lowest BCUT2D eigenvalue weighted by Crippen LogP contribution is -2.14. The molecule has 12 aromatic rings. The molecular weight excluding hydrogens is 797 g/mol. The molecule has 13 rings (SSSR count). The van der Waals surface area contributed by atoms with E-state index in [4.69, 9.17) is 29.3 Å². The van der Waals surface area contributed by atoms with Gasteiger partial charge < -0.3 is 8.98 Å². The zero-order valence-corrected chi connectivity index (χ0v) is 35.6. The van der Waals surface area contributed by atoms with Gasteiger partial charge in [0.15, 0.2) is 28.9 Å². The topological polar surface area (TPSA) is 82.5 Å². The molecule has 0 N–H and O–H groups in total. The second kappa shape index (κ2) is 14.2. The average molecular weight is 835 g/mol. The first-order valence-electron chi connectivity index (χ1n) is 21.9. The first-order valence-corrected chi connectivity index (χ1v) is 21.9.